The molecule has 312 valence electrons. The predicted molar refractivity (Wildman–Crippen MR) is 245 cm³/mol. The van der Waals surface area contributed by atoms with Crippen molar-refractivity contribution in [2.45, 2.75) is 67.9 Å². The molecular formula is C47H56Cl2N6O4. The van der Waals surface area contributed by atoms with E-state index >= 15 is 0 Å². The summed E-state index contributed by atoms with van der Waals surface area (Å²) in [6.07, 6.45) is 5.26. The van der Waals surface area contributed by atoms with Gasteiger partial charge in [0.25, 0.3) is 0 Å². The summed E-state index contributed by atoms with van der Waals surface area (Å²) in [7, 11) is 3.87. The quantitative estimate of drug-likeness (QED) is 0.0690. The smallest absolute Gasteiger partial charge is 0.337 e. The number of pyridine rings is 1. The van der Waals surface area contributed by atoms with Gasteiger partial charge in [0, 0.05) is 64.8 Å². The van der Waals surface area contributed by atoms with Gasteiger partial charge in [0.15, 0.2) is 0 Å². The number of anilines is 1. The molecule has 59 heavy (non-hydrogen) atoms. The number of carbonyl (C=O) groups excluding carboxylic acids is 1. The van der Waals surface area contributed by atoms with Gasteiger partial charge in [-0.1, -0.05) is 67.4 Å². The number of aromatic carboxylic acids is 1. The monoisotopic (exact) mass is 838 g/mol. The fraction of sp³-hybridized carbons (Fsp3) is 0.319. The molecule has 0 aliphatic heterocycles. The lowest BCUT2D eigenvalue weighted by molar-refractivity contribution is -0.0980. The highest BCUT2D eigenvalue weighted by molar-refractivity contribution is 6.34. The summed E-state index contributed by atoms with van der Waals surface area (Å²) in [5.74, 6) is -0.197. The van der Waals surface area contributed by atoms with E-state index in [4.69, 9.17) is 42.8 Å². The summed E-state index contributed by atoms with van der Waals surface area (Å²) < 4.78 is 10.2. The topological polar surface area (TPSA) is 123 Å². The van der Waals surface area contributed by atoms with E-state index in [0.29, 0.717) is 42.9 Å². The van der Waals surface area contributed by atoms with E-state index in [2.05, 4.69) is 29.7 Å². The molecule has 3 aromatic carbocycles. The molecular weight excluding hydrogens is 783 g/mol. The van der Waals surface area contributed by atoms with Gasteiger partial charge < -0.3 is 29.8 Å². The van der Waals surface area contributed by atoms with Crippen LogP contribution in [0.15, 0.2) is 66.9 Å². The standard InChI is InChI=1S/C44H48Cl2N6O3.C2H6.CH2O/c1-26-21-34(22-27(2)41(26)46)55-20-10-13-31(35-16-17-38(45)40(42(35)48-19-18-47-6)39-29(4)50-51(7)30(39)5)23-32-12-9-15-36-37(44(53)54)25-52(43(32)36)24-33-14-8-11-28(3)49-33;2*1-2/h8-9,11-12,14-17,21-23,25,47-48H,10,13,18-20,24H2,1-7H3,(H,53,54);1-2H3;1H2/b31-23+;;. The van der Waals surface area contributed by atoms with E-state index in [0.717, 1.165) is 90.3 Å². The van der Waals surface area contributed by atoms with Gasteiger partial charge in [0.05, 0.1) is 46.3 Å². The van der Waals surface area contributed by atoms with Crippen molar-refractivity contribution in [3.8, 4) is 16.9 Å². The van der Waals surface area contributed by atoms with Crippen LogP contribution in [0, 0.1) is 34.6 Å². The van der Waals surface area contributed by atoms with E-state index in [-0.39, 0.29) is 5.56 Å². The first-order chi connectivity index (χ1) is 28.4. The third kappa shape index (κ3) is 10.8. The first kappa shape index (κ1) is 46.3. The van der Waals surface area contributed by atoms with Crippen molar-refractivity contribution in [2.24, 2.45) is 7.05 Å². The van der Waals surface area contributed by atoms with Crippen LogP contribution < -0.4 is 15.4 Å². The lowest BCUT2D eigenvalue weighted by atomic mass is 9.91. The fourth-order valence-corrected chi connectivity index (χ4v) is 7.66. The van der Waals surface area contributed by atoms with Gasteiger partial charge in [-0.05, 0) is 113 Å². The van der Waals surface area contributed by atoms with Crippen LogP contribution >= 0.6 is 23.2 Å². The summed E-state index contributed by atoms with van der Waals surface area (Å²) in [6, 6.07) is 19.7. The SMILES string of the molecule is C=O.CC.CNCCNc1c(/C(=C/c2cccc3c(C(=O)O)cn(Cc4cccc(C)n4)c23)CCCOc2cc(C)c(Cl)c(C)c2)ccc(Cl)c1-c1c(C)nn(C)c1C. The molecule has 3 aromatic heterocycles. The maximum absolute atomic E-state index is 12.6. The number of carboxylic acids is 1. The van der Waals surface area contributed by atoms with Crippen LogP contribution in [0.5, 0.6) is 5.75 Å². The molecule has 0 atom stereocenters. The Morgan fingerprint density at radius 2 is 1.63 bits per heavy atom. The first-order valence-corrected chi connectivity index (χ1v) is 20.5. The average molecular weight is 840 g/mol. The van der Waals surface area contributed by atoms with E-state index in [1.165, 1.54) is 0 Å². The number of aromatic nitrogens is 4. The zero-order valence-corrected chi connectivity index (χ0v) is 37.1. The van der Waals surface area contributed by atoms with E-state index in [1.807, 2.05) is 126 Å². The molecule has 0 unspecified atom stereocenters. The third-order valence-electron chi connectivity index (χ3n) is 9.97. The zero-order chi connectivity index (χ0) is 43.4. The lowest BCUT2D eigenvalue weighted by Crippen LogP contribution is -2.19. The number of hydrogen-bond acceptors (Lipinski definition) is 7. The van der Waals surface area contributed by atoms with E-state index in [1.54, 1.807) is 6.20 Å². The highest BCUT2D eigenvalue weighted by atomic mass is 35.5. The van der Waals surface area contributed by atoms with Crippen molar-refractivity contribution >= 4 is 64.2 Å². The molecule has 0 saturated carbocycles. The normalized spacial score (nSPS) is 11.1. The Kier molecular flexibility index (Phi) is 16.9. The molecule has 12 heteroatoms. The van der Waals surface area contributed by atoms with Crippen molar-refractivity contribution in [1.29, 1.82) is 0 Å². The fourth-order valence-electron chi connectivity index (χ4n) is 7.30. The molecule has 3 heterocycles. The van der Waals surface area contributed by atoms with Gasteiger partial charge >= 0.3 is 5.97 Å². The molecule has 6 rings (SSSR count). The molecule has 0 spiro atoms. The highest BCUT2D eigenvalue weighted by Crippen LogP contribution is 2.44. The molecule has 0 amide bonds. The average Bonchev–Trinajstić information content (AvgIpc) is 3.71. The first-order valence-electron chi connectivity index (χ1n) is 19.8. The number of allylic oxidation sites excluding steroid dienone is 1. The summed E-state index contributed by atoms with van der Waals surface area (Å²) >= 11 is 13.6. The van der Waals surface area contributed by atoms with Gasteiger partial charge in [-0.25, -0.2) is 4.79 Å². The van der Waals surface area contributed by atoms with Crippen molar-refractivity contribution in [2.75, 3.05) is 32.1 Å². The number of nitrogens with zero attached hydrogens (tertiary/aromatic N) is 4. The molecule has 0 bridgehead atoms. The number of para-hydroxylation sites is 1. The van der Waals surface area contributed by atoms with Gasteiger partial charge in [0.2, 0.25) is 0 Å². The Balaban J connectivity index is 0.00000186. The maximum atomic E-state index is 12.6. The Morgan fingerprint density at radius 3 is 2.25 bits per heavy atom. The summed E-state index contributed by atoms with van der Waals surface area (Å²) in [6.45, 7) is 18.3. The minimum Gasteiger partial charge on any atom is -0.494 e. The molecule has 6 aromatic rings. The number of halogens is 2. The lowest BCUT2D eigenvalue weighted by Gasteiger charge is -2.21. The number of carboxylic acid groups (broad SMARTS) is 1. The van der Waals surface area contributed by atoms with Crippen molar-refractivity contribution in [1.82, 2.24) is 24.6 Å². The number of nitrogens with one attached hydrogen (secondary N) is 2. The van der Waals surface area contributed by atoms with Crippen molar-refractivity contribution < 1.29 is 19.4 Å². The van der Waals surface area contributed by atoms with Gasteiger partial charge in [0.1, 0.15) is 12.5 Å². The number of hydrogen-bond donors (Lipinski definition) is 3. The minimum atomic E-state index is -0.979. The van der Waals surface area contributed by atoms with E-state index < -0.39 is 5.97 Å². The van der Waals surface area contributed by atoms with Crippen LogP contribution in [0.3, 0.4) is 0 Å². The molecule has 0 aliphatic carbocycles. The second-order valence-corrected chi connectivity index (χ2v) is 14.8. The zero-order valence-electron chi connectivity index (χ0n) is 35.6. The maximum Gasteiger partial charge on any atom is 0.337 e. The minimum absolute atomic E-state index is 0.243. The van der Waals surface area contributed by atoms with Gasteiger partial charge in [-0.15, -0.1) is 0 Å². The largest absolute Gasteiger partial charge is 0.494 e. The summed E-state index contributed by atoms with van der Waals surface area (Å²) in [5, 5.41) is 24.0. The Morgan fingerprint density at radius 1 is 0.932 bits per heavy atom. The van der Waals surface area contributed by atoms with Crippen LogP contribution in [0.25, 0.3) is 33.7 Å². The van der Waals surface area contributed by atoms with Crippen LogP contribution in [-0.2, 0) is 18.4 Å². The number of benzene rings is 3. The van der Waals surface area contributed by atoms with E-state index in [9.17, 15) is 9.90 Å². The van der Waals surface area contributed by atoms with Gasteiger partial charge in [-0.3, -0.25) is 9.67 Å². The summed E-state index contributed by atoms with van der Waals surface area (Å²) in [5.41, 5.74) is 12.4. The van der Waals surface area contributed by atoms with Crippen LogP contribution in [0.1, 0.15) is 82.1 Å². The molecule has 0 aliphatic rings. The van der Waals surface area contributed by atoms with Crippen molar-refractivity contribution in [3.05, 3.63) is 127 Å². The van der Waals surface area contributed by atoms with Gasteiger partial charge in [-0.2, -0.15) is 5.10 Å². The Labute approximate surface area is 358 Å². The highest BCUT2D eigenvalue weighted by Gasteiger charge is 2.23. The summed E-state index contributed by atoms with van der Waals surface area (Å²) in [4.78, 5) is 25.3. The number of carbonyl (C=O) groups is 2. The molecule has 0 fully saturated rings. The van der Waals surface area contributed by atoms with Crippen LogP contribution in [0.2, 0.25) is 10.0 Å². The van der Waals surface area contributed by atoms with Crippen molar-refractivity contribution in [3.63, 3.8) is 0 Å². The van der Waals surface area contributed by atoms with Crippen LogP contribution in [-0.4, -0.2) is 63.9 Å². The number of ether oxygens (including phenoxy) is 1. The second-order valence-electron chi connectivity index (χ2n) is 14.0. The number of aryl methyl sites for hydroxylation is 5. The number of likely N-dealkylation sites (N-methyl/N-ethyl adjacent to an activating group) is 1. The molecule has 10 nitrogen and oxygen atoms in total. The number of fused-ring (bicyclic) bond motifs is 1. The second kappa shape index (κ2) is 21.5. The molecule has 3 N–H and O–H groups in total. The van der Waals surface area contributed by atoms with Crippen LogP contribution in [0.4, 0.5) is 5.69 Å². The molecule has 0 radical (unpaired) electrons. The Hall–Kier alpha value is -5.42. The predicted octanol–water partition coefficient (Wildman–Crippen LogP) is 10.9. The third-order valence-corrected chi connectivity index (χ3v) is 10.9. The molecule has 0 saturated heterocycles. The number of rotatable bonds is 15. The Bertz CT molecular complexity index is 2410.